The van der Waals surface area contributed by atoms with Gasteiger partial charge in [-0.2, -0.15) is 5.10 Å². The van der Waals surface area contributed by atoms with Crippen molar-refractivity contribution in [1.29, 1.82) is 0 Å². The molecule has 142 valence electrons. The van der Waals surface area contributed by atoms with Gasteiger partial charge in [-0.05, 0) is 45.7 Å². The molecule has 1 unspecified atom stereocenters. The zero-order valence-electron chi connectivity index (χ0n) is 16.8. The number of para-hydroxylation sites is 1. The molecule has 1 aromatic carbocycles. The van der Waals surface area contributed by atoms with Crippen molar-refractivity contribution in [2.24, 2.45) is 12.0 Å². The van der Waals surface area contributed by atoms with Crippen molar-refractivity contribution in [1.82, 2.24) is 20.4 Å². The van der Waals surface area contributed by atoms with E-state index in [1.54, 1.807) is 7.05 Å². The summed E-state index contributed by atoms with van der Waals surface area (Å²) in [5, 5.41) is 11.3. The largest absolute Gasteiger partial charge is 0.494 e. The number of benzene rings is 1. The second-order valence-corrected chi connectivity index (χ2v) is 6.49. The number of aliphatic imine (C=N–C) groups is 1. The number of nitrogens with one attached hydrogen (secondary N) is 2. The van der Waals surface area contributed by atoms with Crippen LogP contribution in [0.4, 0.5) is 0 Å². The van der Waals surface area contributed by atoms with Crippen molar-refractivity contribution in [2.45, 2.75) is 46.7 Å². The van der Waals surface area contributed by atoms with Gasteiger partial charge in [0.25, 0.3) is 0 Å². The lowest BCUT2D eigenvalue weighted by atomic mass is 10.1. The summed E-state index contributed by atoms with van der Waals surface area (Å²) in [5.74, 6) is 1.69. The monoisotopic (exact) mass is 357 g/mol. The van der Waals surface area contributed by atoms with Crippen molar-refractivity contribution in [3.8, 4) is 5.75 Å². The van der Waals surface area contributed by atoms with Crippen LogP contribution in [0.5, 0.6) is 5.75 Å². The molecule has 0 saturated heterocycles. The fourth-order valence-corrected chi connectivity index (χ4v) is 3.02. The van der Waals surface area contributed by atoms with E-state index >= 15 is 0 Å². The average Bonchev–Trinajstić information content (AvgIpc) is 2.86. The minimum atomic E-state index is 0.241. The first kappa shape index (κ1) is 19.8. The maximum atomic E-state index is 5.68. The van der Waals surface area contributed by atoms with Crippen LogP contribution >= 0.6 is 0 Å². The number of hydrogen-bond acceptors (Lipinski definition) is 3. The highest BCUT2D eigenvalue weighted by Gasteiger charge is 2.14. The Morgan fingerprint density at radius 3 is 2.65 bits per heavy atom. The molecule has 0 saturated carbocycles. The summed E-state index contributed by atoms with van der Waals surface area (Å²) in [6, 6.07) is 8.31. The minimum absolute atomic E-state index is 0.241. The Hall–Kier alpha value is -2.50. The predicted octanol–water partition coefficient (Wildman–Crippen LogP) is 2.73. The van der Waals surface area contributed by atoms with Crippen molar-refractivity contribution < 1.29 is 4.74 Å². The van der Waals surface area contributed by atoms with Crippen LogP contribution in [0.25, 0.3) is 0 Å². The lowest BCUT2D eigenvalue weighted by Gasteiger charge is -2.19. The molecule has 2 aromatic rings. The van der Waals surface area contributed by atoms with Gasteiger partial charge in [0.1, 0.15) is 5.75 Å². The van der Waals surface area contributed by atoms with E-state index in [1.165, 1.54) is 11.3 Å². The zero-order chi connectivity index (χ0) is 19.1. The molecule has 0 aliphatic carbocycles. The first-order valence-electron chi connectivity index (χ1n) is 9.13. The third-order valence-electron chi connectivity index (χ3n) is 4.49. The molecule has 1 atom stereocenters. The molecular formula is C20H31N5O. The number of rotatable bonds is 7. The molecule has 0 aliphatic heterocycles. The van der Waals surface area contributed by atoms with E-state index < -0.39 is 0 Å². The minimum Gasteiger partial charge on any atom is -0.494 e. The molecule has 0 bridgehead atoms. The Kier molecular flexibility index (Phi) is 7.06. The maximum Gasteiger partial charge on any atom is 0.191 e. The number of ether oxygens (including phenoxy) is 1. The Balaban J connectivity index is 1.95. The molecule has 0 fully saturated rings. The SMILES string of the molecule is CCOc1ccccc1CNC(=NC)NC(C)Cc1c(C)nn(C)c1C. The van der Waals surface area contributed by atoms with E-state index in [-0.39, 0.29) is 6.04 Å². The van der Waals surface area contributed by atoms with Crippen LogP contribution in [0.1, 0.15) is 36.4 Å². The molecule has 2 N–H and O–H groups in total. The van der Waals surface area contributed by atoms with Gasteiger partial charge in [0.15, 0.2) is 5.96 Å². The van der Waals surface area contributed by atoms with E-state index in [4.69, 9.17) is 4.74 Å². The molecule has 0 spiro atoms. The molecule has 1 heterocycles. The van der Waals surface area contributed by atoms with E-state index in [0.717, 1.165) is 29.4 Å². The highest BCUT2D eigenvalue weighted by atomic mass is 16.5. The lowest BCUT2D eigenvalue weighted by Crippen LogP contribution is -2.42. The van der Waals surface area contributed by atoms with Crippen LogP contribution in [-0.4, -0.2) is 35.4 Å². The van der Waals surface area contributed by atoms with Gasteiger partial charge < -0.3 is 15.4 Å². The van der Waals surface area contributed by atoms with Crippen LogP contribution in [0.15, 0.2) is 29.3 Å². The molecule has 6 nitrogen and oxygen atoms in total. The third kappa shape index (κ3) is 5.00. The zero-order valence-corrected chi connectivity index (χ0v) is 16.8. The maximum absolute atomic E-state index is 5.68. The summed E-state index contributed by atoms with van der Waals surface area (Å²) in [6.45, 7) is 9.65. The summed E-state index contributed by atoms with van der Waals surface area (Å²) >= 11 is 0. The summed E-state index contributed by atoms with van der Waals surface area (Å²) in [5.41, 5.74) is 4.71. The summed E-state index contributed by atoms with van der Waals surface area (Å²) in [4.78, 5) is 4.34. The predicted molar refractivity (Wildman–Crippen MR) is 107 cm³/mol. The Morgan fingerprint density at radius 2 is 2.04 bits per heavy atom. The first-order valence-corrected chi connectivity index (χ1v) is 9.13. The van der Waals surface area contributed by atoms with Crippen molar-refractivity contribution in [2.75, 3.05) is 13.7 Å². The summed E-state index contributed by atoms with van der Waals surface area (Å²) < 4.78 is 7.62. The third-order valence-corrected chi connectivity index (χ3v) is 4.49. The summed E-state index contributed by atoms with van der Waals surface area (Å²) in [7, 11) is 3.78. The topological polar surface area (TPSA) is 63.5 Å². The Bertz CT molecular complexity index is 751. The van der Waals surface area contributed by atoms with E-state index in [2.05, 4.69) is 47.6 Å². The molecule has 1 aromatic heterocycles. The average molecular weight is 358 g/mol. The number of aryl methyl sites for hydroxylation is 2. The molecule has 26 heavy (non-hydrogen) atoms. The van der Waals surface area contributed by atoms with Gasteiger partial charge in [-0.15, -0.1) is 0 Å². The van der Waals surface area contributed by atoms with Gasteiger partial charge in [0.05, 0.1) is 12.3 Å². The van der Waals surface area contributed by atoms with Crippen molar-refractivity contribution in [3.63, 3.8) is 0 Å². The highest BCUT2D eigenvalue weighted by molar-refractivity contribution is 5.80. The van der Waals surface area contributed by atoms with Gasteiger partial charge in [-0.1, -0.05) is 18.2 Å². The van der Waals surface area contributed by atoms with E-state index in [0.29, 0.717) is 13.2 Å². The first-order chi connectivity index (χ1) is 12.5. The Labute approximate surface area is 156 Å². The second kappa shape index (κ2) is 9.27. The lowest BCUT2D eigenvalue weighted by molar-refractivity contribution is 0.336. The van der Waals surface area contributed by atoms with Crippen LogP contribution in [0, 0.1) is 13.8 Å². The Morgan fingerprint density at radius 1 is 1.31 bits per heavy atom. The number of guanidine groups is 1. The fourth-order valence-electron chi connectivity index (χ4n) is 3.02. The normalized spacial score (nSPS) is 12.8. The van der Waals surface area contributed by atoms with E-state index in [1.807, 2.05) is 36.9 Å². The molecule has 0 amide bonds. The number of aromatic nitrogens is 2. The smallest absolute Gasteiger partial charge is 0.191 e. The van der Waals surface area contributed by atoms with Crippen molar-refractivity contribution >= 4 is 5.96 Å². The van der Waals surface area contributed by atoms with Crippen LogP contribution in [-0.2, 0) is 20.0 Å². The van der Waals surface area contributed by atoms with E-state index in [9.17, 15) is 0 Å². The standard InChI is InChI=1S/C20H31N5O/c1-7-26-19-11-9-8-10-17(19)13-22-20(21-5)23-14(2)12-18-15(3)24-25(6)16(18)4/h8-11,14H,7,12-13H2,1-6H3,(H2,21,22,23). The van der Waals surface area contributed by atoms with Crippen LogP contribution in [0.3, 0.4) is 0 Å². The number of nitrogens with zero attached hydrogens (tertiary/aromatic N) is 3. The van der Waals surface area contributed by atoms with Gasteiger partial charge in [0.2, 0.25) is 0 Å². The summed E-state index contributed by atoms with van der Waals surface area (Å²) in [6.07, 6.45) is 0.905. The second-order valence-electron chi connectivity index (χ2n) is 6.49. The van der Waals surface area contributed by atoms with Gasteiger partial charge >= 0.3 is 0 Å². The van der Waals surface area contributed by atoms with Crippen LogP contribution in [0.2, 0.25) is 0 Å². The van der Waals surface area contributed by atoms with Crippen LogP contribution < -0.4 is 15.4 Å². The van der Waals surface area contributed by atoms with Gasteiger partial charge in [-0.25, -0.2) is 0 Å². The number of hydrogen-bond donors (Lipinski definition) is 2. The fraction of sp³-hybridized carbons (Fsp3) is 0.500. The molecular weight excluding hydrogens is 326 g/mol. The highest BCUT2D eigenvalue weighted by Crippen LogP contribution is 2.17. The van der Waals surface area contributed by atoms with Crippen molar-refractivity contribution in [3.05, 3.63) is 46.8 Å². The van der Waals surface area contributed by atoms with Gasteiger partial charge in [0, 0.05) is 37.9 Å². The quantitative estimate of drug-likeness (QED) is 0.591. The molecule has 2 rings (SSSR count). The molecule has 0 aliphatic rings. The molecule has 6 heteroatoms. The van der Waals surface area contributed by atoms with Gasteiger partial charge in [-0.3, -0.25) is 9.67 Å². The molecule has 0 radical (unpaired) electrons.